The molecule has 0 spiro atoms. The first-order valence-corrected chi connectivity index (χ1v) is 11.5. The van der Waals surface area contributed by atoms with Crippen LogP contribution in [0.15, 0.2) is 59.4 Å². The molecule has 0 radical (unpaired) electrons. The highest BCUT2D eigenvalue weighted by molar-refractivity contribution is 7.19. The number of benzene rings is 2. The molecule has 2 aromatic heterocycles. The molecule has 11 heteroatoms. The minimum absolute atomic E-state index is 0.284. The molecule has 0 unspecified atom stereocenters. The van der Waals surface area contributed by atoms with Gasteiger partial charge in [0, 0.05) is 50.0 Å². The number of halogens is 2. The van der Waals surface area contributed by atoms with Crippen LogP contribution >= 0.6 is 11.3 Å². The van der Waals surface area contributed by atoms with Gasteiger partial charge in [0.2, 0.25) is 4.96 Å². The minimum Gasteiger partial charge on any atom is -0.322 e. The van der Waals surface area contributed by atoms with Crippen LogP contribution in [0.2, 0.25) is 0 Å². The molecule has 34 heavy (non-hydrogen) atoms. The number of fused-ring (bicyclic) bond motifs is 1. The van der Waals surface area contributed by atoms with Gasteiger partial charge in [0.15, 0.2) is 5.01 Å². The maximum Gasteiger partial charge on any atom is 0.321 e. The van der Waals surface area contributed by atoms with Crippen molar-refractivity contribution in [2.45, 2.75) is 6.54 Å². The van der Waals surface area contributed by atoms with E-state index >= 15 is 0 Å². The summed E-state index contributed by atoms with van der Waals surface area (Å²) in [5, 5.41) is 7.32. The van der Waals surface area contributed by atoms with Crippen LogP contribution in [0.5, 0.6) is 0 Å². The summed E-state index contributed by atoms with van der Waals surface area (Å²) in [5.41, 5.74) is 0.995. The van der Waals surface area contributed by atoms with E-state index in [2.05, 4.69) is 20.3 Å². The second-order valence-corrected chi connectivity index (χ2v) is 8.83. The Labute approximate surface area is 197 Å². The van der Waals surface area contributed by atoms with E-state index in [9.17, 15) is 18.4 Å². The highest BCUT2D eigenvalue weighted by Crippen LogP contribution is 2.26. The van der Waals surface area contributed by atoms with Crippen LogP contribution in [0, 0.1) is 11.6 Å². The number of carbonyl (C=O) groups is 1. The third kappa shape index (κ3) is 4.66. The fraction of sp³-hybridized carbons (Fsp3) is 0.217. The lowest BCUT2D eigenvalue weighted by molar-refractivity contribution is 0.142. The molecule has 2 amide bonds. The first-order chi connectivity index (χ1) is 16.5. The van der Waals surface area contributed by atoms with Gasteiger partial charge in [0.1, 0.15) is 11.6 Å². The van der Waals surface area contributed by atoms with Crippen molar-refractivity contribution in [1.82, 2.24) is 24.4 Å². The van der Waals surface area contributed by atoms with Gasteiger partial charge < -0.3 is 10.2 Å². The summed E-state index contributed by atoms with van der Waals surface area (Å²) < 4.78 is 28.6. The number of aromatic nitrogens is 3. The molecule has 4 aromatic rings. The minimum atomic E-state index is -0.412. The molecule has 2 aromatic carbocycles. The van der Waals surface area contributed by atoms with Gasteiger partial charge in [-0.3, -0.25) is 9.69 Å². The van der Waals surface area contributed by atoms with Crippen LogP contribution in [0.25, 0.3) is 15.5 Å². The topological polar surface area (TPSA) is 82.8 Å². The summed E-state index contributed by atoms with van der Waals surface area (Å²) in [7, 11) is 0. The molecule has 1 fully saturated rings. The normalized spacial score (nSPS) is 14.5. The predicted molar refractivity (Wildman–Crippen MR) is 125 cm³/mol. The molecule has 1 N–H and O–H groups in total. The third-order valence-corrected chi connectivity index (χ3v) is 6.47. The number of anilines is 1. The third-order valence-electron chi connectivity index (χ3n) is 5.52. The van der Waals surface area contributed by atoms with Gasteiger partial charge in [-0.2, -0.15) is 9.61 Å². The van der Waals surface area contributed by atoms with Gasteiger partial charge in [-0.1, -0.05) is 29.5 Å². The molecule has 1 aliphatic heterocycles. The highest BCUT2D eigenvalue weighted by Gasteiger charge is 2.22. The number of amides is 2. The maximum absolute atomic E-state index is 14.1. The van der Waals surface area contributed by atoms with E-state index in [4.69, 9.17) is 0 Å². The number of piperazine rings is 1. The molecule has 1 aliphatic rings. The lowest BCUT2D eigenvalue weighted by Crippen LogP contribution is -2.49. The van der Waals surface area contributed by atoms with Gasteiger partial charge in [0.05, 0.1) is 5.69 Å². The monoisotopic (exact) mass is 482 g/mol. The maximum atomic E-state index is 14.1. The quantitative estimate of drug-likeness (QED) is 0.482. The van der Waals surface area contributed by atoms with E-state index in [1.807, 2.05) is 0 Å². The van der Waals surface area contributed by atoms with E-state index in [0.29, 0.717) is 59.6 Å². The Bertz CT molecular complexity index is 1410. The van der Waals surface area contributed by atoms with Crippen LogP contribution in [-0.4, -0.2) is 56.6 Å². The number of carbonyl (C=O) groups excluding carboxylic acids is 1. The number of rotatable bonds is 4. The van der Waals surface area contributed by atoms with E-state index in [1.54, 1.807) is 29.2 Å². The molecule has 0 atom stereocenters. The number of urea groups is 1. The fourth-order valence-electron chi connectivity index (χ4n) is 3.79. The van der Waals surface area contributed by atoms with Crippen LogP contribution < -0.4 is 10.9 Å². The first kappa shape index (κ1) is 22.1. The Morgan fingerprint density at radius 2 is 1.82 bits per heavy atom. The summed E-state index contributed by atoms with van der Waals surface area (Å²) in [6.45, 7) is 2.61. The Morgan fingerprint density at radius 1 is 1.03 bits per heavy atom. The Hall–Kier alpha value is -3.70. The van der Waals surface area contributed by atoms with Crippen molar-refractivity contribution in [1.29, 1.82) is 0 Å². The van der Waals surface area contributed by atoms with Crippen molar-refractivity contribution in [3.63, 3.8) is 0 Å². The molecule has 0 bridgehead atoms. The van der Waals surface area contributed by atoms with Gasteiger partial charge in [-0.25, -0.2) is 18.6 Å². The number of hydrogen-bond donors (Lipinski definition) is 1. The zero-order chi connectivity index (χ0) is 23.7. The lowest BCUT2D eigenvalue weighted by Gasteiger charge is -2.34. The van der Waals surface area contributed by atoms with Gasteiger partial charge in [-0.15, -0.1) is 0 Å². The van der Waals surface area contributed by atoms with Crippen LogP contribution in [0.1, 0.15) is 5.69 Å². The predicted octanol–water partition coefficient (Wildman–Crippen LogP) is 3.45. The standard InChI is InChI=1S/C23H20F2N6O2S/c24-15-4-3-5-16(12-15)26-22(33)30-10-8-29(9-11-30)14-17-13-20(32)31-23(27-17)34-21(28-31)18-6-1-2-7-19(18)25/h1-7,12-13H,8-11,14H2,(H,26,33). The second kappa shape index (κ2) is 9.27. The molecule has 0 saturated carbocycles. The SMILES string of the molecule is O=C(Nc1cccc(F)c1)N1CCN(Cc2cc(=O)n3nc(-c4ccccc4F)sc3n2)CC1. The lowest BCUT2D eigenvalue weighted by atomic mass is 10.2. The second-order valence-electron chi connectivity index (χ2n) is 7.87. The van der Waals surface area contributed by atoms with E-state index < -0.39 is 11.6 Å². The summed E-state index contributed by atoms with van der Waals surface area (Å²) >= 11 is 1.16. The molecule has 8 nitrogen and oxygen atoms in total. The molecular weight excluding hydrogens is 462 g/mol. The number of nitrogens with zero attached hydrogens (tertiary/aromatic N) is 5. The van der Waals surface area contributed by atoms with Crippen molar-refractivity contribution in [2.24, 2.45) is 0 Å². The Morgan fingerprint density at radius 3 is 2.59 bits per heavy atom. The molecule has 0 aliphatic carbocycles. The molecule has 3 heterocycles. The first-order valence-electron chi connectivity index (χ1n) is 10.6. The summed E-state index contributed by atoms with van der Waals surface area (Å²) in [4.78, 5) is 33.8. The van der Waals surface area contributed by atoms with Gasteiger partial charge >= 0.3 is 6.03 Å². The van der Waals surface area contributed by atoms with Crippen LogP contribution in [0.3, 0.4) is 0 Å². The zero-order valence-corrected chi connectivity index (χ0v) is 18.8. The van der Waals surface area contributed by atoms with Crippen LogP contribution in [-0.2, 0) is 6.54 Å². The highest BCUT2D eigenvalue weighted by atomic mass is 32.1. The van der Waals surface area contributed by atoms with Crippen molar-refractivity contribution in [3.8, 4) is 10.6 Å². The fourth-order valence-corrected chi connectivity index (χ4v) is 4.74. The van der Waals surface area contributed by atoms with Crippen molar-refractivity contribution in [3.05, 3.63) is 82.3 Å². The van der Waals surface area contributed by atoms with Gasteiger partial charge in [-0.05, 0) is 30.3 Å². The smallest absolute Gasteiger partial charge is 0.321 e. The summed E-state index contributed by atoms with van der Waals surface area (Å²) in [6, 6.07) is 13.2. The summed E-state index contributed by atoms with van der Waals surface area (Å²) in [5.74, 6) is -0.820. The van der Waals surface area contributed by atoms with E-state index in [0.717, 1.165) is 11.3 Å². The van der Waals surface area contributed by atoms with Crippen molar-refractivity contribution >= 4 is 28.0 Å². The Balaban J connectivity index is 1.24. The number of nitrogens with one attached hydrogen (secondary N) is 1. The zero-order valence-electron chi connectivity index (χ0n) is 17.9. The number of hydrogen-bond acceptors (Lipinski definition) is 6. The molecule has 174 valence electrons. The molecule has 5 rings (SSSR count). The van der Waals surface area contributed by atoms with E-state index in [1.165, 1.54) is 34.8 Å². The summed E-state index contributed by atoms with van der Waals surface area (Å²) in [6.07, 6.45) is 0. The average molecular weight is 483 g/mol. The van der Waals surface area contributed by atoms with Gasteiger partial charge in [0.25, 0.3) is 5.56 Å². The largest absolute Gasteiger partial charge is 0.322 e. The van der Waals surface area contributed by atoms with Crippen molar-refractivity contribution < 1.29 is 13.6 Å². The average Bonchev–Trinajstić information content (AvgIpc) is 3.24. The Kier molecular flexibility index (Phi) is 6.03. The molecular formula is C23H20F2N6O2S. The van der Waals surface area contributed by atoms with Crippen LogP contribution in [0.4, 0.5) is 19.3 Å². The van der Waals surface area contributed by atoms with Crippen molar-refractivity contribution in [2.75, 3.05) is 31.5 Å². The molecule has 1 saturated heterocycles. The van der Waals surface area contributed by atoms with E-state index in [-0.39, 0.29) is 11.6 Å².